The van der Waals surface area contributed by atoms with Crippen molar-refractivity contribution >= 4 is 39.3 Å². The van der Waals surface area contributed by atoms with E-state index in [0.717, 1.165) is 11.3 Å². The van der Waals surface area contributed by atoms with Gasteiger partial charge in [0.05, 0.1) is 10.9 Å². The molecule has 0 unspecified atom stereocenters. The molecular weight excluding hydrogens is 375 g/mol. The molecule has 1 aliphatic heterocycles. The zero-order valence-electron chi connectivity index (χ0n) is 13.2. The van der Waals surface area contributed by atoms with Crippen LogP contribution in [0.25, 0.3) is 5.57 Å². The predicted molar refractivity (Wildman–Crippen MR) is 96.2 cm³/mol. The van der Waals surface area contributed by atoms with Crippen molar-refractivity contribution in [2.45, 2.75) is 6.54 Å². The molecule has 26 heavy (non-hydrogen) atoms. The Morgan fingerprint density at radius 1 is 1.42 bits per heavy atom. The van der Waals surface area contributed by atoms with E-state index in [0.29, 0.717) is 31.9 Å². The van der Waals surface area contributed by atoms with E-state index in [-0.39, 0.29) is 11.5 Å². The Labute approximate surface area is 154 Å². The fraction of sp³-hybridized carbons (Fsp3) is 0.0588. The maximum absolute atomic E-state index is 13.7. The number of hydrogen-bond donors (Lipinski definition) is 1. The molecule has 0 fully saturated rings. The monoisotopic (exact) mass is 386 g/mol. The number of carbonyl (C=O) groups is 1. The van der Waals surface area contributed by atoms with Gasteiger partial charge in [-0.2, -0.15) is 4.99 Å². The number of hydrogen-bond acceptors (Lipinski definition) is 6. The van der Waals surface area contributed by atoms with Crippen molar-refractivity contribution in [1.29, 1.82) is 0 Å². The standard InChI is InChI=1S/C17H11FN4O2S2/c1-2-6-22-15(24)13(26-17(22)21-16-19-5-7-25-16)12-10-8-9(18)3-4-11(10)20-14(12)23/h2-5,7-8,24H,1,6H2/b21-17+. The summed E-state index contributed by atoms with van der Waals surface area (Å²) in [5.41, 5.74) is 0.167. The van der Waals surface area contributed by atoms with Crippen molar-refractivity contribution in [2.75, 3.05) is 0 Å². The topological polar surface area (TPSA) is 79.8 Å². The molecule has 1 amide bonds. The Morgan fingerprint density at radius 2 is 2.27 bits per heavy atom. The Balaban J connectivity index is 2.02. The van der Waals surface area contributed by atoms with E-state index in [1.165, 1.54) is 34.1 Å². The number of rotatable bonds is 4. The van der Waals surface area contributed by atoms with Crippen LogP contribution >= 0.6 is 22.7 Å². The first kappa shape index (κ1) is 16.6. The minimum absolute atomic E-state index is 0.138. The fourth-order valence-electron chi connectivity index (χ4n) is 2.60. The number of carbonyl (C=O) groups excluding carboxylic acids is 1. The first-order valence-electron chi connectivity index (χ1n) is 7.49. The molecule has 3 aromatic rings. The molecule has 1 N–H and O–H groups in total. The van der Waals surface area contributed by atoms with Gasteiger partial charge in [0.25, 0.3) is 5.91 Å². The summed E-state index contributed by atoms with van der Waals surface area (Å²) >= 11 is 2.47. The van der Waals surface area contributed by atoms with E-state index in [1.54, 1.807) is 17.7 Å². The summed E-state index contributed by atoms with van der Waals surface area (Å²) in [6.07, 6.45) is 3.24. The van der Waals surface area contributed by atoms with Gasteiger partial charge in [-0.05, 0) is 18.2 Å². The number of thiazole rings is 2. The van der Waals surface area contributed by atoms with Crippen LogP contribution in [0.15, 0.2) is 52.4 Å². The first-order chi connectivity index (χ1) is 12.6. The van der Waals surface area contributed by atoms with Crippen LogP contribution in [0.4, 0.5) is 9.52 Å². The van der Waals surface area contributed by atoms with Crippen LogP contribution in [0.1, 0.15) is 4.88 Å². The maximum atomic E-state index is 13.7. The van der Waals surface area contributed by atoms with Gasteiger partial charge < -0.3 is 5.11 Å². The van der Waals surface area contributed by atoms with Crippen LogP contribution in [0.5, 0.6) is 5.88 Å². The molecule has 0 saturated carbocycles. The second-order valence-corrected chi connectivity index (χ2v) is 7.17. The molecule has 4 rings (SSSR count). The van der Waals surface area contributed by atoms with E-state index >= 15 is 0 Å². The smallest absolute Gasteiger partial charge is 0.279 e. The second kappa shape index (κ2) is 6.43. The number of halogens is 1. The summed E-state index contributed by atoms with van der Waals surface area (Å²) in [7, 11) is 0. The molecule has 0 saturated heterocycles. The van der Waals surface area contributed by atoms with Gasteiger partial charge in [-0.1, -0.05) is 17.4 Å². The van der Waals surface area contributed by atoms with Gasteiger partial charge in [-0.25, -0.2) is 14.4 Å². The van der Waals surface area contributed by atoms with Crippen molar-refractivity contribution in [3.8, 4) is 5.88 Å². The molecular formula is C17H11FN4O2S2. The zero-order chi connectivity index (χ0) is 18.3. The van der Waals surface area contributed by atoms with Crippen LogP contribution in [-0.2, 0) is 11.3 Å². The number of amides is 1. The summed E-state index contributed by atoms with van der Waals surface area (Å²) < 4.78 is 15.2. The highest BCUT2D eigenvalue weighted by Gasteiger charge is 2.25. The van der Waals surface area contributed by atoms with Crippen LogP contribution in [0.3, 0.4) is 0 Å². The van der Waals surface area contributed by atoms with Gasteiger partial charge in [0.1, 0.15) is 10.7 Å². The molecule has 0 radical (unpaired) electrons. The fourth-order valence-corrected chi connectivity index (χ4v) is 4.25. The van der Waals surface area contributed by atoms with Gasteiger partial charge in [0, 0.05) is 23.3 Å². The molecule has 1 aliphatic rings. The summed E-state index contributed by atoms with van der Waals surface area (Å²) in [6, 6.07) is 3.93. The number of allylic oxidation sites excluding steroid dienone is 1. The second-order valence-electron chi connectivity index (χ2n) is 5.32. The lowest BCUT2D eigenvalue weighted by atomic mass is 10.1. The minimum Gasteiger partial charge on any atom is -0.493 e. The SMILES string of the molecule is C=CCn1c(O)c(C2=c3cc(F)ccc3=NC2=O)s/c1=N/c1nccs1. The van der Waals surface area contributed by atoms with Gasteiger partial charge in [0.15, 0.2) is 4.80 Å². The average molecular weight is 386 g/mol. The highest BCUT2D eigenvalue weighted by molar-refractivity contribution is 7.13. The summed E-state index contributed by atoms with van der Waals surface area (Å²) in [4.78, 5) is 25.6. The number of nitrogens with zero attached hydrogens (tertiary/aromatic N) is 4. The Bertz CT molecular complexity index is 1220. The molecule has 0 spiro atoms. The van der Waals surface area contributed by atoms with Crippen molar-refractivity contribution in [3.05, 3.63) is 68.5 Å². The normalized spacial score (nSPS) is 13.8. The van der Waals surface area contributed by atoms with Crippen molar-refractivity contribution < 1.29 is 14.3 Å². The highest BCUT2D eigenvalue weighted by atomic mass is 32.1. The van der Waals surface area contributed by atoms with E-state index in [9.17, 15) is 14.3 Å². The minimum atomic E-state index is -0.520. The zero-order valence-corrected chi connectivity index (χ0v) is 14.9. The lowest BCUT2D eigenvalue weighted by Gasteiger charge is -2.01. The average Bonchev–Trinajstić information content (AvgIpc) is 3.29. The van der Waals surface area contributed by atoms with Crippen molar-refractivity contribution in [3.63, 3.8) is 0 Å². The largest absolute Gasteiger partial charge is 0.493 e. The number of aromatic nitrogens is 2. The van der Waals surface area contributed by atoms with Crippen LogP contribution in [-0.4, -0.2) is 20.6 Å². The molecule has 9 heteroatoms. The van der Waals surface area contributed by atoms with Gasteiger partial charge in [-0.3, -0.25) is 9.36 Å². The van der Waals surface area contributed by atoms with Crippen LogP contribution in [0, 0.1) is 5.82 Å². The van der Waals surface area contributed by atoms with Crippen molar-refractivity contribution in [2.24, 2.45) is 9.98 Å². The van der Waals surface area contributed by atoms with E-state index in [4.69, 9.17) is 0 Å². The van der Waals surface area contributed by atoms with E-state index < -0.39 is 11.7 Å². The van der Waals surface area contributed by atoms with Crippen LogP contribution < -0.4 is 15.4 Å². The third kappa shape index (κ3) is 2.71. The molecule has 3 heterocycles. The Morgan fingerprint density at radius 3 is 3.00 bits per heavy atom. The first-order valence-corrected chi connectivity index (χ1v) is 9.19. The molecule has 6 nitrogen and oxygen atoms in total. The number of aromatic hydroxyl groups is 1. The maximum Gasteiger partial charge on any atom is 0.279 e. The number of benzene rings is 1. The summed E-state index contributed by atoms with van der Waals surface area (Å²) in [6.45, 7) is 3.97. The highest BCUT2D eigenvalue weighted by Crippen LogP contribution is 2.29. The lowest BCUT2D eigenvalue weighted by Crippen LogP contribution is -2.23. The Kier molecular flexibility index (Phi) is 4.09. The molecule has 130 valence electrons. The van der Waals surface area contributed by atoms with Crippen molar-refractivity contribution in [1.82, 2.24) is 9.55 Å². The molecule has 1 aromatic carbocycles. The Hall–Kier alpha value is -2.91. The van der Waals surface area contributed by atoms with Gasteiger partial charge >= 0.3 is 0 Å². The van der Waals surface area contributed by atoms with Crippen LogP contribution in [0.2, 0.25) is 0 Å². The third-order valence-electron chi connectivity index (χ3n) is 3.70. The molecule has 0 atom stereocenters. The number of fused-ring (bicyclic) bond motifs is 1. The third-order valence-corrected chi connectivity index (χ3v) is 5.45. The van der Waals surface area contributed by atoms with Gasteiger partial charge in [0.2, 0.25) is 11.0 Å². The van der Waals surface area contributed by atoms with Gasteiger partial charge in [-0.15, -0.1) is 17.9 Å². The lowest BCUT2D eigenvalue weighted by molar-refractivity contribution is -0.112. The van der Waals surface area contributed by atoms with E-state index in [1.807, 2.05) is 0 Å². The summed E-state index contributed by atoms with van der Waals surface area (Å²) in [5, 5.41) is 13.7. The van der Waals surface area contributed by atoms with E-state index in [2.05, 4.69) is 21.5 Å². The molecule has 0 aliphatic carbocycles. The molecule has 0 bridgehead atoms. The summed E-state index contributed by atoms with van der Waals surface area (Å²) in [5.74, 6) is -1.14. The quantitative estimate of drug-likeness (QED) is 0.692. The predicted octanol–water partition coefficient (Wildman–Crippen LogP) is 1.63. The molecule has 2 aromatic heterocycles.